The van der Waals surface area contributed by atoms with Crippen molar-refractivity contribution in [2.45, 2.75) is 6.92 Å². The molecule has 1 aromatic carbocycles. The Morgan fingerprint density at radius 2 is 2.00 bits per heavy atom. The minimum Gasteiger partial charge on any atom is -0.378 e. The molecule has 0 radical (unpaired) electrons. The number of hydrogen-bond acceptors (Lipinski definition) is 3. The van der Waals surface area contributed by atoms with Crippen LogP contribution in [0.5, 0.6) is 0 Å². The van der Waals surface area contributed by atoms with E-state index in [4.69, 9.17) is 0 Å². The first-order chi connectivity index (χ1) is 9.47. The zero-order valence-corrected chi connectivity index (χ0v) is 11.6. The van der Waals surface area contributed by atoms with Gasteiger partial charge in [0, 0.05) is 25.5 Å². The van der Waals surface area contributed by atoms with E-state index in [1.807, 2.05) is 44.1 Å². The fourth-order valence-corrected chi connectivity index (χ4v) is 1.79. The number of carbonyl (C=O) groups is 1. The number of rotatable bonds is 3. The summed E-state index contributed by atoms with van der Waals surface area (Å²) in [7, 11) is 3.90. The second kappa shape index (κ2) is 5.69. The first-order valence-electron chi connectivity index (χ1n) is 6.19. The Balaban J connectivity index is 2.20. The second-order valence-corrected chi connectivity index (χ2v) is 4.69. The van der Waals surface area contributed by atoms with Crippen molar-refractivity contribution in [3.63, 3.8) is 0 Å². The number of benzene rings is 1. The summed E-state index contributed by atoms with van der Waals surface area (Å²) >= 11 is 0. The summed E-state index contributed by atoms with van der Waals surface area (Å²) in [6, 6.07) is 9.83. The van der Waals surface area contributed by atoms with Crippen LogP contribution in [0, 0.1) is 12.9 Å². The Morgan fingerprint density at radius 1 is 1.25 bits per heavy atom. The Bertz CT molecular complexity index is 641. The van der Waals surface area contributed by atoms with Gasteiger partial charge >= 0.3 is 0 Å². The maximum absolute atomic E-state index is 13.0. The van der Waals surface area contributed by atoms with Crippen molar-refractivity contribution in [3.8, 4) is 0 Å². The SMILES string of the molecule is Cc1cc(N(C)C)ccc1NC(=O)c1cccc(F)n1. The number of anilines is 2. The molecular weight excluding hydrogens is 257 g/mol. The summed E-state index contributed by atoms with van der Waals surface area (Å²) < 4.78 is 13.0. The van der Waals surface area contributed by atoms with Crippen LogP contribution in [0.1, 0.15) is 16.1 Å². The third kappa shape index (κ3) is 3.12. The molecule has 0 atom stereocenters. The van der Waals surface area contributed by atoms with Crippen LogP contribution in [-0.2, 0) is 0 Å². The van der Waals surface area contributed by atoms with Crippen LogP contribution >= 0.6 is 0 Å². The number of pyridine rings is 1. The minimum absolute atomic E-state index is 0.0566. The Kier molecular flexibility index (Phi) is 3.98. The van der Waals surface area contributed by atoms with E-state index in [0.29, 0.717) is 5.69 Å². The molecule has 0 saturated heterocycles. The molecule has 0 aliphatic carbocycles. The van der Waals surface area contributed by atoms with Crippen LogP contribution in [0.3, 0.4) is 0 Å². The number of amides is 1. The number of carbonyl (C=O) groups excluding carboxylic acids is 1. The van der Waals surface area contributed by atoms with Crippen molar-refractivity contribution in [1.82, 2.24) is 4.98 Å². The van der Waals surface area contributed by atoms with Gasteiger partial charge in [-0.1, -0.05) is 6.07 Å². The molecule has 0 bridgehead atoms. The number of aryl methyl sites for hydroxylation is 1. The van der Waals surface area contributed by atoms with Gasteiger partial charge in [0.25, 0.3) is 5.91 Å². The monoisotopic (exact) mass is 273 g/mol. The van der Waals surface area contributed by atoms with Crippen LogP contribution in [-0.4, -0.2) is 25.0 Å². The molecule has 0 fully saturated rings. The summed E-state index contributed by atoms with van der Waals surface area (Å²) in [5.41, 5.74) is 2.72. The van der Waals surface area contributed by atoms with Crippen molar-refractivity contribution >= 4 is 17.3 Å². The second-order valence-electron chi connectivity index (χ2n) is 4.69. The molecule has 4 nitrogen and oxygen atoms in total. The van der Waals surface area contributed by atoms with Gasteiger partial charge in [-0.05, 0) is 42.8 Å². The highest BCUT2D eigenvalue weighted by atomic mass is 19.1. The van der Waals surface area contributed by atoms with Gasteiger partial charge in [0.2, 0.25) is 5.95 Å². The number of halogens is 1. The van der Waals surface area contributed by atoms with Crippen LogP contribution < -0.4 is 10.2 Å². The van der Waals surface area contributed by atoms with E-state index in [0.717, 1.165) is 11.3 Å². The molecule has 0 aliphatic heterocycles. The van der Waals surface area contributed by atoms with Crippen LogP contribution in [0.25, 0.3) is 0 Å². The van der Waals surface area contributed by atoms with Gasteiger partial charge in [0.1, 0.15) is 5.69 Å². The van der Waals surface area contributed by atoms with Gasteiger partial charge in [0.05, 0.1) is 0 Å². The highest BCUT2D eigenvalue weighted by molar-refractivity contribution is 6.03. The van der Waals surface area contributed by atoms with E-state index in [-0.39, 0.29) is 5.69 Å². The van der Waals surface area contributed by atoms with Gasteiger partial charge in [-0.3, -0.25) is 4.79 Å². The van der Waals surface area contributed by atoms with Gasteiger partial charge in [-0.25, -0.2) is 4.98 Å². The van der Waals surface area contributed by atoms with Crippen molar-refractivity contribution in [1.29, 1.82) is 0 Å². The summed E-state index contributed by atoms with van der Waals surface area (Å²) in [5.74, 6) is -1.09. The molecule has 0 spiro atoms. The van der Waals surface area contributed by atoms with E-state index in [2.05, 4.69) is 10.3 Å². The molecular formula is C15H16FN3O. The predicted octanol–water partition coefficient (Wildman–Crippen LogP) is 2.85. The molecule has 2 rings (SSSR count). The first kappa shape index (κ1) is 14.0. The van der Waals surface area contributed by atoms with E-state index < -0.39 is 11.9 Å². The number of aromatic nitrogens is 1. The van der Waals surface area contributed by atoms with Crippen LogP contribution in [0.2, 0.25) is 0 Å². The quantitative estimate of drug-likeness (QED) is 0.875. The van der Waals surface area contributed by atoms with Crippen molar-refractivity contribution in [3.05, 3.63) is 53.6 Å². The topological polar surface area (TPSA) is 45.2 Å². The summed E-state index contributed by atoms with van der Waals surface area (Å²) in [6.45, 7) is 1.90. The lowest BCUT2D eigenvalue weighted by molar-refractivity contribution is 0.102. The van der Waals surface area contributed by atoms with Crippen molar-refractivity contribution in [2.75, 3.05) is 24.3 Å². The zero-order valence-electron chi connectivity index (χ0n) is 11.6. The molecule has 2 aromatic rings. The fourth-order valence-electron chi connectivity index (χ4n) is 1.79. The lowest BCUT2D eigenvalue weighted by atomic mass is 10.1. The molecule has 5 heteroatoms. The average molecular weight is 273 g/mol. The van der Waals surface area contributed by atoms with Gasteiger partial charge in [-0.2, -0.15) is 4.39 Å². The average Bonchev–Trinajstić information content (AvgIpc) is 2.40. The van der Waals surface area contributed by atoms with Crippen LogP contribution in [0.4, 0.5) is 15.8 Å². The minimum atomic E-state index is -0.669. The fraction of sp³-hybridized carbons (Fsp3) is 0.200. The first-order valence-corrected chi connectivity index (χ1v) is 6.19. The van der Waals surface area contributed by atoms with E-state index in [9.17, 15) is 9.18 Å². The lowest BCUT2D eigenvalue weighted by Crippen LogP contribution is -2.15. The maximum Gasteiger partial charge on any atom is 0.274 e. The van der Waals surface area contributed by atoms with E-state index in [1.165, 1.54) is 18.2 Å². The Hall–Kier alpha value is -2.43. The zero-order chi connectivity index (χ0) is 14.7. The van der Waals surface area contributed by atoms with Gasteiger partial charge in [-0.15, -0.1) is 0 Å². The number of nitrogens with zero attached hydrogens (tertiary/aromatic N) is 2. The maximum atomic E-state index is 13.0. The third-order valence-corrected chi connectivity index (χ3v) is 2.92. The van der Waals surface area contributed by atoms with E-state index in [1.54, 1.807) is 0 Å². The third-order valence-electron chi connectivity index (χ3n) is 2.92. The summed E-state index contributed by atoms with van der Waals surface area (Å²) in [6.07, 6.45) is 0. The van der Waals surface area contributed by atoms with Gasteiger partial charge < -0.3 is 10.2 Å². The van der Waals surface area contributed by atoms with Crippen LogP contribution in [0.15, 0.2) is 36.4 Å². The molecule has 1 aromatic heterocycles. The normalized spacial score (nSPS) is 10.2. The Morgan fingerprint density at radius 3 is 2.60 bits per heavy atom. The molecule has 104 valence electrons. The lowest BCUT2D eigenvalue weighted by Gasteiger charge is -2.15. The van der Waals surface area contributed by atoms with Crippen molar-refractivity contribution < 1.29 is 9.18 Å². The molecule has 1 N–H and O–H groups in total. The molecule has 0 saturated carbocycles. The summed E-state index contributed by atoms with van der Waals surface area (Å²) in [4.78, 5) is 17.5. The number of nitrogens with one attached hydrogen (secondary N) is 1. The summed E-state index contributed by atoms with van der Waals surface area (Å²) in [5, 5.41) is 2.73. The molecule has 1 amide bonds. The van der Waals surface area contributed by atoms with E-state index >= 15 is 0 Å². The highest BCUT2D eigenvalue weighted by Crippen LogP contribution is 2.21. The molecule has 0 aliphatic rings. The standard InChI is InChI=1S/C15H16FN3O/c1-10-9-11(19(2)3)7-8-12(10)18-15(20)13-5-4-6-14(16)17-13/h4-9H,1-3H3,(H,18,20). The van der Waals surface area contributed by atoms with Gasteiger partial charge in [0.15, 0.2) is 0 Å². The highest BCUT2D eigenvalue weighted by Gasteiger charge is 2.10. The molecule has 0 unspecified atom stereocenters. The largest absolute Gasteiger partial charge is 0.378 e. The van der Waals surface area contributed by atoms with Crippen molar-refractivity contribution in [2.24, 2.45) is 0 Å². The number of hydrogen-bond donors (Lipinski definition) is 1. The smallest absolute Gasteiger partial charge is 0.274 e. The molecule has 1 heterocycles. The molecule has 20 heavy (non-hydrogen) atoms. The Labute approximate surface area is 117 Å². The predicted molar refractivity (Wildman–Crippen MR) is 77.7 cm³/mol.